The van der Waals surface area contributed by atoms with Crippen LogP contribution in [-0.4, -0.2) is 33.1 Å². The molecule has 0 aliphatic carbocycles. The summed E-state index contributed by atoms with van der Waals surface area (Å²) in [7, 11) is -3.88. The Hall–Kier alpha value is -0.960. The first-order chi connectivity index (χ1) is 9.71. The van der Waals surface area contributed by atoms with Gasteiger partial charge in [-0.2, -0.15) is 0 Å². The number of primary sulfonamides is 1. The van der Waals surface area contributed by atoms with Gasteiger partial charge in [0.2, 0.25) is 10.0 Å². The lowest BCUT2D eigenvalue weighted by molar-refractivity contribution is 0.0206. The number of sulfonamides is 1. The van der Waals surface area contributed by atoms with Crippen LogP contribution in [0.25, 0.3) is 0 Å². The second-order valence-electron chi connectivity index (χ2n) is 5.27. The van der Waals surface area contributed by atoms with Gasteiger partial charge >= 0.3 is 0 Å². The van der Waals surface area contributed by atoms with Crippen molar-refractivity contribution >= 4 is 31.9 Å². The van der Waals surface area contributed by atoms with Crippen LogP contribution in [0.1, 0.15) is 30.1 Å². The van der Waals surface area contributed by atoms with E-state index < -0.39 is 10.0 Å². The standard InChI is InChI=1S/C13H17BrN2O4S/c1-13(5-2-6-20-13)8-16-12(17)9-3-4-10(14)11(7-9)21(15,18)19/h3-4,7H,2,5-6,8H2,1H3,(H,16,17)(H2,15,18,19). The SMILES string of the molecule is CC1(CNC(=O)c2ccc(Br)c(S(N)(=O)=O)c2)CCCO1. The second-order valence-corrected chi connectivity index (χ2v) is 7.66. The van der Waals surface area contributed by atoms with E-state index in [1.807, 2.05) is 6.92 Å². The first-order valence-corrected chi connectivity index (χ1v) is 8.80. The number of carbonyl (C=O) groups is 1. The van der Waals surface area contributed by atoms with Gasteiger partial charge in [-0.25, -0.2) is 13.6 Å². The fourth-order valence-electron chi connectivity index (χ4n) is 2.21. The lowest BCUT2D eigenvalue weighted by atomic mass is 10.0. The van der Waals surface area contributed by atoms with Crippen molar-refractivity contribution in [3.05, 3.63) is 28.2 Å². The fraction of sp³-hybridized carbons (Fsp3) is 0.462. The highest BCUT2D eigenvalue weighted by atomic mass is 79.9. The van der Waals surface area contributed by atoms with E-state index >= 15 is 0 Å². The minimum Gasteiger partial charge on any atom is -0.373 e. The van der Waals surface area contributed by atoms with Gasteiger partial charge in [0.05, 0.1) is 10.5 Å². The summed E-state index contributed by atoms with van der Waals surface area (Å²) in [6.07, 6.45) is 1.86. The normalized spacial score (nSPS) is 22.2. The largest absolute Gasteiger partial charge is 0.373 e. The Labute approximate surface area is 132 Å². The number of rotatable bonds is 4. The number of hydrogen-bond acceptors (Lipinski definition) is 4. The molecule has 0 spiro atoms. The minimum atomic E-state index is -3.88. The summed E-state index contributed by atoms with van der Waals surface area (Å²) in [6, 6.07) is 4.28. The highest BCUT2D eigenvalue weighted by Crippen LogP contribution is 2.25. The number of carbonyl (C=O) groups excluding carboxylic acids is 1. The highest BCUT2D eigenvalue weighted by Gasteiger charge is 2.30. The lowest BCUT2D eigenvalue weighted by Gasteiger charge is -2.23. The van der Waals surface area contributed by atoms with Crippen molar-refractivity contribution in [2.24, 2.45) is 5.14 Å². The van der Waals surface area contributed by atoms with Gasteiger partial charge < -0.3 is 10.1 Å². The smallest absolute Gasteiger partial charge is 0.251 e. The van der Waals surface area contributed by atoms with Crippen molar-refractivity contribution in [1.82, 2.24) is 5.32 Å². The van der Waals surface area contributed by atoms with Crippen LogP contribution >= 0.6 is 15.9 Å². The monoisotopic (exact) mass is 376 g/mol. The van der Waals surface area contributed by atoms with Crippen LogP contribution in [0.2, 0.25) is 0 Å². The molecule has 1 aliphatic heterocycles. The van der Waals surface area contributed by atoms with Gasteiger partial charge in [-0.05, 0) is 53.9 Å². The van der Waals surface area contributed by atoms with Crippen LogP contribution < -0.4 is 10.5 Å². The van der Waals surface area contributed by atoms with Gasteiger partial charge in [0, 0.05) is 23.2 Å². The maximum atomic E-state index is 12.1. The summed E-state index contributed by atoms with van der Waals surface area (Å²) in [5.74, 6) is -0.357. The lowest BCUT2D eigenvalue weighted by Crippen LogP contribution is -2.40. The summed E-state index contributed by atoms with van der Waals surface area (Å²) in [5.41, 5.74) is -0.114. The van der Waals surface area contributed by atoms with Gasteiger partial charge in [0.25, 0.3) is 5.91 Å². The van der Waals surface area contributed by atoms with E-state index in [2.05, 4.69) is 21.2 Å². The van der Waals surface area contributed by atoms with Gasteiger partial charge in [-0.3, -0.25) is 4.79 Å². The Morgan fingerprint density at radius 3 is 2.81 bits per heavy atom. The molecule has 8 heteroatoms. The zero-order valence-electron chi connectivity index (χ0n) is 11.6. The van der Waals surface area contributed by atoms with Crippen molar-refractivity contribution in [1.29, 1.82) is 0 Å². The third kappa shape index (κ3) is 4.03. The van der Waals surface area contributed by atoms with Crippen molar-refractivity contribution in [2.45, 2.75) is 30.3 Å². The molecule has 1 fully saturated rings. The van der Waals surface area contributed by atoms with E-state index in [1.54, 1.807) is 0 Å². The molecule has 21 heavy (non-hydrogen) atoms. The maximum Gasteiger partial charge on any atom is 0.251 e. The molecule has 1 heterocycles. The van der Waals surface area contributed by atoms with E-state index in [0.29, 0.717) is 17.6 Å². The van der Waals surface area contributed by atoms with Gasteiger partial charge in [-0.1, -0.05) is 0 Å². The number of ether oxygens (including phenoxy) is 1. The van der Waals surface area contributed by atoms with Crippen LogP contribution in [0.5, 0.6) is 0 Å². The molecule has 0 saturated carbocycles. The van der Waals surface area contributed by atoms with Gasteiger partial charge in [0.15, 0.2) is 0 Å². The molecule has 0 aromatic heterocycles. The van der Waals surface area contributed by atoms with E-state index in [-0.39, 0.29) is 22.0 Å². The molecule has 0 bridgehead atoms. The zero-order valence-corrected chi connectivity index (χ0v) is 14.0. The minimum absolute atomic E-state index is 0.113. The first-order valence-electron chi connectivity index (χ1n) is 6.46. The summed E-state index contributed by atoms with van der Waals surface area (Å²) >= 11 is 3.11. The van der Waals surface area contributed by atoms with Crippen molar-refractivity contribution in [3.63, 3.8) is 0 Å². The summed E-state index contributed by atoms with van der Waals surface area (Å²) < 4.78 is 28.8. The van der Waals surface area contributed by atoms with Gasteiger partial charge in [-0.15, -0.1) is 0 Å². The van der Waals surface area contributed by atoms with Crippen LogP contribution in [0, 0.1) is 0 Å². The first kappa shape index (κ1) is 16.4. The number of halogens is 1. The molecule has 2 rings (SSSR count). The molecular formula is C13H17BrN2O4S. The molecule has 1 aromatic carbocycles. The molecule has 1 saturated heterocycles. The fourth-order valence-corrected chi connectivity index (χ4v) is 3.76. The number of amides is 1. The van der Waals surface area contributed by atoms with Crippen LogP contribution in [0.15, 0.2) is 27.6 Å². The van der Waals surface area contributed by atoms with Crippen LogP contribution in [0.3, 0.4) is 0 Å². The van der Waals surface area contributed by atoms with Gasteiger partial charge in [0.1, 0.15) is 0 Å². The van der Waals surface area contributed by atoms with Crippen molar-refractivity contribution in [2.75, 3.05) is 13.2 Å². The Balaban J connectivity index is 2.13. The second kappa shape index (κ2) is 6.04. The predicted octanol–water partition coefficient (Wildman–Crippen LogP) is 1.40. The van der Waals surface area contributed by atoms with E-state index in [9.17, 15) is 13.2 Å². The molecule has 1 amide bonds. The molecule has 116 valence electrons. The Morgan fingerprint density at radius 1 is 1.52 bits per heavy atom. The molecule has 1 atom stereocenters. The Bertz CT molecular complexity index is 654. The Kier molecular flexibility index (Phi) is 4.72. The maximum absolute atomic E-state index is 12.1. The summed E-state index contributed by atoms with van der Waals surface area (Å²) in [5, 5.41) is 7.88. The van der Waals surface area contributed by atoms with Crippen molar-refractivity contribution in [3.8, 4) is 0 Å². The molecular weight excluding hydrogens is 360 g/mol. The molecule has 1 unspecified atom stereocenters. The summed E-state index contributed by atoms with van der Waals surface area (Å²) in [6.45, 7) is 3.02. The van der Waals surface area contributed by atoms with E-state index in [1.165, 1.54) is 18.2 Å². The number of nitrogens with two attached hydrogens (primary N) is 1. The van der Waals surface area contributed by atoms with Crippen molar-refractivity contribution < 1.29 is 17.9 Å². The van der Waals surface area contributed by atoms with E-state index in [0.717, 1.165) is 12.8 Å². The molecule has 1 aliphatic rings. The molecule has 1 aromatic rings. The zero-order chi connectivity index (χ0) is 15.7. The Morgan fingerprint density at radius 2 is 2.24 bits per heavy atom. The predicted molar refractivity (Wildman–Crippen MR) is 81.4 cm³/mol. The topological polar surface area (TPSA) is 98.5 Å². The average molecular weight is 377 g/mol. The molecule has 3 N–H and O–H groups in total. The molecule has 6 nitrogen and oxygen atoms in total. The number of hydrogen-bond donors (Lipinski definition) is 2. The average Bonchev–Trinajstić information content (AvgIpc) is 2.83. The van der Waals surface area contributed by atoms with Crippen LogP contribution in [-0.2, 0) is 14.8 Å². The quantitative estimate of drug-likeness (QED) is 0.829. The highest BCUT2D eigenvalue weighted by molar-refractivity contribution is 9.10. The third-order valence-electron chi connectivity index (χ3n) is 3.42. The third-order valence-corrected chi connectivity index (χ3v) is 5.33. The van der Waals surface area contributed by atoms with E-state index in [4.69, 9.17) is 9.88 Å². The molecule has 0 radical (unpaired) electrons. The number of benzene rings is 1. The van der Waals surface area contributed by atoms with Crippen LogP contribution in [0.4, 0.5) is 0 Å². The number of nitrogens with one attached hydrogen (secondary N) is 1. The summed E-state index contributed by atoms with van der Waals surface area (Å²) in [4.78, 5) is 12.0.